The zero-order valence-electron chi connectivity index (χ0n) is 10.3. The van der Waals surface area contributed by atoms with E-state index >= 15 is 0 Å². The van der Waals surface area contributed by atoms with Gasteiger partial charge in [0.2, 0.25) is 0 Å². The second kappa shape index (κ2) is 4.89. The summed E-state index contributed by atoms with van der Waals surface area (Å²) in [4.78, 5) is 24.6. The Labute approximate surface area is 107 Å². The van der Waals surface area contributed by atoms with Crippen molar-refractivity contribution in [2.45, 2.75) is 37.4 Å². The number of aliphatic hydroxyl groups is 3. The van der Waals surface area contributed by atoms with Crippen LogP contribution in [0.2, 0.25) is 0 Å². The smallest absolute Gasteiger partial charge is 0.328 e. The van der Waals surface area contributed by atoms with E-state index in [1.165, 1.54) is 19.2 Å². The van der Waals surface area contributed by atoms with Crippen molar-refractivity contribution in [3.63, 3.8) is 0 Å². The maximum Gasteiger partial charge on any atom is 0.328 e. The van der Waals surface area contributed by atoms with Crippen LogP contribution in [-0.4, -0.2) is 55.4 Å². The van der Waals surface area contributed by atoms with Gasteiger partial charge in [-0.05, 0) is 6.92 Å². The summed E-state index contributed by atoms with van der Waals surface area (Å²) >= 11 is 0. The lowest BCUT2D eigenvalue weighted by atomic mass is 9.96. The van der Waals surface area contributed by atoms with Crippen molar-refractivity contribution < 1.29 is 20.1 Å². The zero-order chi connectivity index (χ0) is 14.2. The van der Waals surface area contributed by atoms with Crippen LogP contribution in [0.15, 0.2) is 21.9 Å². The van der Waals surface area contributed by atoms with E-state index < -0.39 is 41.8 Å². The minimum Gasteiger partial charge on any atom is -0.394 e. The SMILES string of the molecule is C[C@@]1(Cn2ccc(=O)[nH]c2=O)O[C@H](CO)[C@H](O)C1O. The Morgan fingerprint density at radius 2 is 2.16 bits per heavy atom. The Morgan fingerprint density at radius 1 is 1.47 bits per heavy atom. The molecule has 1 aliphatic rings. The minimum atomic E-state index is -1.25. The van der Waals surface area contributed by atoms with Gasteiger partial charge in [-0.2, -0.15) is 0 Å². The Bertz CT molecular complexity index is 567. The Kier molecular flexibility index (Phi) is 3.59. The molecule has 1 fully saturated rings. The molecule has 0 bridgehead atoms. The van der Waals surface area contributed by atoms with Gasteiger partial charge >= 0.3 is 5.69 Å². The molecule has 8 heteroatoms. The highest BCUT2D eigenvalue weighted by atomic mass is 16.6. The van der Waals surface area contributed by atoms with Crippen LogP contribution in [0.1, 0.15) is 6.92 Å². The summed E-state index contributed by atoms with van der Waals surface area (Å²) in [5.74, 6) is 0. The number of aliphatic hydroxyl groups excluding tert-OH is 3. The van der Waals surface area contributed by atoms with Crippen molar-refractivity contribution in [1.82, 2.24) is 9.55 Å². The highest BCUT2D eigenvalue weighted by Gasteiger charge is 2.51. The standard InChI is InChI=1S/C11H16N2O6/c1-11(9(17)8(16)6(4-14)19-11)5-13-3-2-7(15)12-10(13)18/h2-3,6,8-9,14,16-17H,4-5H2,1H3,(H,12,15,18)/t6-,8+,9?,11+/m1/s1. The number of hydrogen-bond donors (Lipinski definition) is 4. The lowest BCUT2D eigenvalue weighted by Crippen LogP contribution is -2.46. The minimum absolute atomic E-state index is 0.0582. The number of ether oxygens (including phenoxy) is 1. The molecule has 1 unspecified atom stereocenters. The number of aromatic amines is 1. The van der Waals surface area contributed by atoms with Gasteiger partial charge in [-0.3, -0.25) is 14.3 Å². The molecule has 0 radical (unpaired) electrons. The lowest BCUT2D eigenvalue weighted by Gasteiger charge is -2.28. The third-order valence-corrected chi connectivity index (χ3v) is 3.31. The van der Waals surface area contributed by atoms with Crippen molar-refractivity contribution in [3.05, 3.63) is 33.1 Å². The van der Waals surface area contributed by atoms with Crippen LogP contribution in [0.5, 0.6) is 0 Å². The van der Waals surface area contributed by atoms with Gasteiger partial charge in [-0.25, -0.2) is 4.79 Å². The van der Waals surface area contributed by atoms with E-state index in [1.54, 1.807) is 0 Å². The fourth-order valence-electron chi connectivity index (χ4n) is 2.23. The molecule has 0 aliphatic carbocycles. The molecule has 1 aromatic rings. The molecule has 106 valence electrons. The molecule has 0 aromatic carbocycles. The largest absolute Gasteiger partial charge is 0.394 e. The molecule has 1 saturated heterocycles. The Hall–Kier alpha value is -1.48. The fraction of sp³-hybridized carbons (Fsp3) is 0.636. The van der Waals surface area contributed by atoms with Crippen LogP contribution in [-0.2, 0) is 11.3 Å². The van der Waals surface area contributed by atoms with E-state index in [4.69, 9.17) is 9.84 Å². The van der Waals surface area contributed by atoms with E-state index in [2.05, 4.69) is 4.98 Å². The highest BCUT2D eigenvalue weighted by molar-refractivity contribution is 5.00. The van der Waals surface area contributed by atoms with Gasteiger partial charge in [0.25, 0.3) is 5.56 Å². The predicted octanol–water partition coefficient (Wildman–Crippen LogP) is -2.59. The Balaban J connectivity index is 2.27. The molecule has 2 rings (SSSR count). The number of H-pyrrole nitrogens is 1. The van der Waals surface area contributed by atoms with Crippen LogP contribution < -0.4 is 11.2 Å². The average Bonchev–Trinajstić information content (AvgIpc) is 2.58. The highest BCUT2D eigenvalue weighted by Crippen LogP contribution is 2.31. The fourth-order valence-corrected chi connectivity index (χ4v) is 2.23. The van der Waals surface area contributed by atoms with Crippen LogP contribution in [0, 0.1) is 0 Å². The maximum atomic E-state index is 11.6. The number of aromatic nitrogens is 2. The topological polar surface area (TPSA) is 125 Å². The van der Waals surface area contributed by atoms with Crippen LogP contribution in [0.4, 0.5) is 0 Å². The number of hydrogen-bond acceptors (Lipinski definition) is 6. The van der Waals surface area contributed by atoms with Gasteiger partial charge in [0.1, 0.15) is 23.9 Å². The van der Waals surface area contributed by atoms with Crippen LogP contribution in [0.25, 0.3) is 0 Å². The summed E-state index contributed by atoms with van der Waals surface area (Å²) in [5.41, 5.74) is -2.38. The second-order valence-corrected chi connectivity index (χ2v) is 4.83. The number of nitrogens with one attached hydrogen (secondary N) is 1. The molecular formula is C11H16N2O6. The summed E-state index contributed by atoms with van der Waals surface area (Å²) < 4.78 is 6.57. The first-order valence-electron chi connectivity index (χ1n) is 5.82. The first-order chi connectivity index (χ1) is 8.87. The van der Waals surface area contributed by atoms with Crippen LogP contribution >= 0.6 is 0 Å². The first-order valence-corrected chi connectivity index (χ1v) is 5.82. The van der Waals surface area contributed by atoms with E-state index in [0.717, 1.165) is 4.57 Å². The Morgan fingerprint density at radius 3 is 2.68 bits per heavy atom. The zero-order valence-corrected chi connectivity index (χ0v) is 10.3. The van der Waals surface area contributed by atoms with Gasteiger partial charge < -0.3 is 20.1 Å². The molecule has 4 atom stereocenters. The van der Waals surface area contributed by atoms with Crippen molar-refractivity contribution in [2.24, 2.45) is 0 Å². The summed E-state index contributed by atoms with van der Waals surface area (Å²) in [7, 11) is 0. The second-order valence-electron chi connectivity index (χ2n) is 4.83. The summed E-state index contributed by atoms with van der Waals surface area (Å²) in [6.45, 7) is 1.03. The third-order valence-electron chi connectivity index (χ3n) is 3.31. The van der Waals surface area contributed by atoms with Crippen molar-refractivity contribution in [3.8, 4) is 0 Å². The quantitative estimate of drug-likeness (QED) is 0.478. The van der Waals surface area contributed by atoms with E-state index in [1.807, 2.05) is 0 Å². The third kappa shape index (κ3) is 2.47. The van der Waals surface area contributed by atoms with Crippen LogP contribution in [0.3, 0.4) is 0 Å². The van der Waals surface area contributed by atoms with Gasteiger partial charge in [0.05, 0.1) is 13.2 Å². The van der Waals surface area contributed by atoms with E-state index in [0.29, 0.717) is 0 Å². The molecule has 0 spiro atoms. The number of nitrogens with zero attached hydrogens (tertiary/aromatic N) is 1. The van der Waals surface area contributed by atoms with Gasteiger partial charge in [-0.1, -0.05) is 0 Å². The molecule has 2 heterocycles. The van der Waals surface area contributed by atoms with Crippen molar-refractivity contribution >= 4 is 0 Å². The number of rotatable bonds is 3. The monoisotopic (exact) mass is 272 g/mol. The average molecular weight is 272 g/mol. The molecule has 0 saturated carbocycles. The lowest BCUT2D eigenvalue weighted by molar-refractivity contribution is -0.0904. The molecule has 0 amide bonds. The molecular weight excluding hydrogens is 256 g/mol. The van der Waals surface area contributed by atoms with Crippen molar-refractivity contribution in [1.29, 1.82) is 0 Å². The van der Waals surface area contributed by atoms with Gasteiger partial charge in [0.15, 0.2) is 0 Å². The van der Waals surface area contributed by atoms with Crippen molar-refractivity contribution in [2.75, 3.05) is 6.61 Å². The molecule has 1 aliphatic heterocycles. The summed E-state index contributed by atoms with van der Waals surface area (Å²) in [6.07, 6.45) is -2.10. The molecule has 4 N–H and O–H groups in total. The summed E-state index contributed by atoms with van der Waals surface area (Å²) in [6, 6.07) is 1.17. The van der Waals surface area contributed by atoms with E-state index in [9.17, 15) is 19.8 Å². The predicted molar refractivity (Wildman–Crippen MR) is 63.7 cm³/mol. The normalized spacial score (nSPS) is 34.6. The van der Waals surface area contributed by atoms with Gasteiger partial charge in [-0.15, -0.1) is 0 Å². The maximum absolute atomic E-state index is 11.6. The first kappa shape index (κ1) is 13.9. The summed E-state index contributed by atoms with van der Waals surface area (Å²) in [5, 5.41) is 28.7. The molecule has 1 aromatic heterocycles. The molecule has 8 nitrogen and oxygen atoms in total. The van der Waals surface area contributed by atoms with Gasteiger partial charge in [0, 0.05) is 12.3 Å². The molecule has 19 heavy (non-hydrogen) atoms. The van der Waals surface area contributed by atoms with E-state index in [-0.39, 0.29) is 6.54 Å².